The van der Waals surface area contributed by atoms with Crippen molar-refractivity contribution in [3.05, 3.63) is 35.6 Å². The van der Waals surface area contributed by atoms with Gasteiger partial charge in [0.2, 0.25) is 0 Å². The Labute approximate surface area is 153 Å². The summed E-state index contributed by atoms with van der Waals surface area (Å²) in [7, 11) is 0. The Hall–Kier alpha value is -1.50. The van der Waals surface area contributed by atoms with E-state index in [4.69, 9.17) is 14.2 Å². The van der Waals surface area contributed by atoms with Gasteiger partial charge in [-0.15, -0.1) is 0 Å². The molecule has 0 saturated carbocycles. The molecule has 3 aliphatic rings. The van der Waals surface area contributed by atoms with Crippen molar-refractivity contribution in [2.75, 3.05) is 46.1 Å². The first kappa shape index (κ1) is 17.9. The van der Waals surface area contributed by atoms with E-state index in [9.17, 15) is 9.18 Å². The Balaban J connectivity index is 1.28. The van der Waals surface area contributed by atoms with Gasteiger partial charge in [0.05, 0.1) is 19.7 Å². The second-order valence-corrected chi connectivity index (χ2v) is 7.66. The summed E-state index contributed by atoms with van der Waals surface area (Å²) in [6.45, 7) is 4.97. The number of amides is 1. The van der Waals surface area contributed by atoms with Gasteiger partial charge in [-0.3, -0.25) is 4.79 Å². The zero-order chi connectivity index (χ0) is 18.0. The highest BCUT2D eigenvalue weighted by Gasteiger charge is 2.54. The highest BCUT2D eigenvalue weighted by molar-refractivity contribution is 5.95. The van der Waals surface area contributed by atoms with E-state index in [1.165, 1.54) is 12.1 Å². The minimum atomic E-state index is -0.386. The minimum absolute atomic E-state index is 0.132. The third-order valence-corrected chi connectivity index (χ3v) is 5.89. The molecule has 3 heterocycles. The molecule has 26 heavy (non-hydrogen) atoms. The van der Waals surface area contributed by atoms with Gasteiger partial charge in [-0.2, -0.15) is 0 Å². The van der Waals surface area contributed by atoms with Crippen LogP contribution in [0, 0.1) is 17.7 Å². The summed E-state index contributed by atoms with van der Waals surface area (Å²) in [5, 5.41) is 0. The molecule has 0 aliphatic carbocycles. The van der Waals surface area contributed by atoms with E-state index in [1.54, 1.807) is 17.0 Å². The summed E-state index contributed by atoms with van der Waals surface area (Å²) in [5.74, 6) is 0.392. The van der Waals surface area contributed by atoms with E-state index in [-0.39, 0.29) is 17.3 Å². The van der Waals surface area contributed by atoms with Crippen LogP contribution in [0.5, 0.6) is 0 Å². The maximum atomic E-state index is 13.3. The lowest BCUT2D eigenvalue weighted by atomic mass is 9.81. The molecule has 1 atom stereocenters. The molecule has 6 heteroatoms. The Morgan fingerprint density at radius 2 is 2.00 bits per heavy atom. The third kappa shape index (κ3) is 3.63. The number of carbonyl (C=O) groups is 1. The lowest BCUT2D eigenvalue weighted by molar-refractivity contribution is -0.129. The Bertz CT molecular complexity index is 640. The van der Waals surface area contributed by atoms with Crippen LogP contribution in [0.1, 0.15) is 29.6 Å². The molecular formula is C20H26FNO4. The summed E-state index contributed by atoms with van der Waals surface area (Å²) in [4.78, 5) is 14.2. The van der Waals surface area contributed by atoms with Crippen molar-refractivity contribution < 1.29 is 23.4 Å². The molecule has 0 bridgehead atoms. The largest absolute Gasteiger partial charge is 0.381 e. The fourth-order valence-electron chi connectivity index (χ4n) is 4.21. The van der Waals surface area contributed by atoms with Crippen LogP contribution in [0.4, 0.5) is 4.39 Å². The first-order valence-corrected chi connectivity index (χ1v) is 9.51. The van der Waals surface area contributed by atoms with Crippen LogP contribution in [0.3, 0.4) is 0 Å². The molecular weight excluding hydrogens is 337 g/mol. The van der Waals surface area contributed by atoms with Crippen LogP contribution in [-0.4, -0.2) is 62.5 Å². The van der Waals surface area contributed by atoms with E-state index in [1.807, 2.05) is 0 Å². The van der Waals surface area contributed by atoms with Gasteiger partial charge in [0, 0.05) is 37.9 Å². The first-order valence-electron chi connectivity index (χ1n) is 9.51. The van der Waals surface area contributed by atoms with Gasteiger partial charge in [-0.05, 0) is 43.4 Å². The molecule has 1 spiro atoms. The molecule has 142 valence electrons. The van der Waals surface area contributed by atoms with Crippen molar-refractivity contribution in [1.29, 1.82) is 0 Å². The number of hydrogen-bond acceptors (Lipinski definition) is 4. The van der Waals surface area contributed by atoms with Crippen molar-refractivity contribution >= 4 is 5.91 Å². The van der Waals surface area contributed by atoms with E-state index >= 15 is 0 Å². The number of ether oxygens (including phenoxy) is 3. The van der Waals surface area contributed by atoms with E-state index in [0.717, 1.165) is 39.1 Å². The van der Waals surface area contributed by atoms with E-state index < -0.39 is 0 Å². The second kappa shape index (κ2) is 7.62. The molecule has 1 aromatic carbocycles. The lowest BCUT2D eigenvalue weighted by Crippen LogP contribution is -2.66. The standard InChI is InChI=1S/C20H26FNO4/c21-18-3-1-2-16(10-18)19(23)22-13-20(14-22)17(6-9-26-20)12-25-11-15-4-7-24-8-5-15/h1-3,10,15,17H,4-9,11-14H2/t17-/m0/s1. The Morgan fingerprint density at radius 1 is 1.19 bits per heavy atom. The maximum absolute atomic E-state index is 13.3. The average Bonchev–Trinajstić information content (AvgIpc) is 3.05. The fourth-order valence-corrected chi connectivity index (χ4v) is 4.21. The van der Waals surface area contributed by atoms with E-state index in [2.05, 4.69) is 0 Å². The minimum Gasteiger partial charge on any atom is -0.381 e. The number of halogens is 1. The van der Waals surface area contributed by atoms with Gasteiger partial charge in [0.25, 0.3) is 5.91 Å². The van der Waals surface area contributed by atoms with Gasteiger partial charge in [0.15, 0.2) is 0 Å². The van der Waals surface area contributed by atoms with Crippen LogP contribution < -0.4 is 0 Å². The predicted octanol–water partition coefficient (Wildman–Crippen LogP) is 2.50. The van der Waals surface area contributed by atoms with E-state index in [0.29, 0.717) is 43.7 Å². The van der Waals surface area contributed by atoms with Crippen LogP contribution in [-0.2, 0) is 14.2 Å². The Morgan fingerprint density at radius 3 is 2.77 bits per heavy atom. The summed E-state index contributed by atoms with van der Waals surface area (Å²) in [6, 6.07) is 5.86. The fraction of sp³-hybridized carbons (Fsp3) is 0.650. The molecule has 5 nitrogen and oxygen atoms in total. The zero-order valence-corrected chi connectivity index (χ0v) is 15.0. The number of hydrogen-bond donors (Lipinski definition) is 0. The van der Waals surface area contributed by atoms with Crippen LogP contribution >= 0.6 is 0 Å². The summed E-state index contributed by atoms with van der Waals surface area (Å²) in [6.07, 6.45) is 3.11. The Kier molecular flexibility index (Phi) is 5.25. The van der Waals surface area contributed by atoms with Gasteiger partial charge < -0.3 is 19.1 Å². The second-order valence-electron chi connectivity index (χ2n) is 7.66. The number of likely N-dealkylation sites (tertiary alicyclic amines) is 1. The summed E-state index contributed by atoms with van der Waals surface area (Å²) < 4.78 is 30.7. The maximum Gasteiger partial charge on any atom is 0.254 e. The number of nitrogens with zero attached hydrogens (tertiary/aromatic N) is 1. The molecule has 0 radical (unpaired) electrons. The molecule has 3 fully saturated rings. The molecule has 4 rings (SSSR count). The van der Waals surface area contributed by atoms with Crippen LogP contribution in [0.15, 0.2) is 24.3 Å². The SMILES string of the molecule is O=C(c1cccc(F)c1)N1CC2(C1)OCC[C@H]2COCC1CCOCC1. The number of rotatable bonds is 5. The highest BCUT2D eigenvalue weighted by atomic mass is 19.1. The number of carbonyl (C=O) groups excluding carboxylic acids is 1. The van der Waals surface area contributed by atoms with Gasteiger partial charge in [-0.25, -0.2) is 4.39 Å². The summed E-state index contributed by atoms with van der Waals surface area (Å²) in [5.41, 5.74) is 0.115. The van der Waals surface area contributed by atoms with Crippen molar-refractivity contribution in [3.8, 4) is 0 Å². The van der Waals surface area contributed by atoms with Crippen molar-refractivity contribution in [2.24, 2.45) is 11.8 Å². The van der Waals surface area contributed by atoms with Crippen molar-refractivity contribution in [3.63, 3.8) is 0 Å². The quantitative estimate of drug-likeness (QED) is 0.807. The van der Waals surface area contributed by atoms with Gasteiger partial charge in [0.1, 0.15) is 11.4 Å². The van der Waals surface area contributed by atoms with Gasteiger partial charge >= 0.3 is 0 Å². The lowest BCUT2D eigenvalue weighted by Gasteiger charge is -2.50. The van der Waals surface area contributed by atoms with Crippen LogP contribution in [0.25, 0.3) is 0 Å². The third-order valence-electron chi connectivity index (χ3n) is 5.89. The van der Waals surface area contributed by atoms with Crippen molar-refractivity contribution in [2.45, 2.75) is 24.9 Å². The molecule has 1 amide bonds. The number of benzene rings is 1. The van der Waals surface area contributed by atoms with Crippen LogP contribution in [0.2, 0.25) is 0 Å². The summed E-state index contributed by atoms with van der Waals surface area (Å²) >= 11 is 0. The first-order chi connectivity index (χ1) is 12.7. The molecule has 0 aromatic heterocycles. The topological polar surface area (TPSA) is 48.0 Å². The molecule has 0 N–H and O–H groups in total. The van der Waals surface area contributed by atoms with Gasteiger partial charge in [-0.1, -0.05) is 6.07 Å². The molecule has 0 unspecified atom stereocenters. The monoisotopic (exact) mass is 363 g/mol. The normalized spacial score (nSPS) is 25.4. The smallest absolute Gasteiger partial charge is 0.254 e. The molecule has 3 aliphatic heterocycles. The predicted molar refractivity (Wildman–Crippen MR) is 93.5 cm³/mol. The van der Waals surface area contributed by atoms with Crippen molar-refractivity contribution in [1.82, 2.24) is 4.90 Å². The average molecular weight is 363 g/mol. The molecule has 1 aromatic rings. The highest BCUT2D eigenvalue weighted by Crippen LogP contribution is 2.40. The molecule has 3 saturated heterocycles. The zero-order valence-electron chi connectivity index (χ0n) is 15.0.